The van der Waals surface area contributed by atoms with Crippen LogP contribution in [0.3, 0.4) is 0 Å². The minimum atomic E-state index is 0. The Morgan fingerprint density at radius 1 is 1.36 bits per heavy atom. The van der Waals surface area contributed by atoms with Crippen molar-refractivity contribution in [3.63, 3.8) is 0 Å². The molecule has 0 saturated heterocycles. The fraction of sp³-hybridized carbons (Fsp3) is 0.250. The average molecular weight is 192 g/mol. The van der Waals surface area contributed by atoms with Gasteiger partial charge in [-0.25, -0.2) is 0 Å². The molecule has 0 heterocycles. The van der Waals surface area contributed by atoms with Crippen molar-refractivity contribution < 1.29 is 0 Å². The highest BCUT2D eigenvalue weighted by Gasteiger charge is 2.01. The van der Waals surface area contributed by atoms with Crippen LogP contribution in [0.15, 0.2) is 24.3 Å². The number of hydrogen-bond donors (Lipinski definition) is 1. The minimum Gasteiger partial charge on any atom is -0.324 e. The summed E-state index contributed by atoms with van der Waals surface area (Å²) < 4.78 is 0. The summed E-state index contributed by atoms with van der Waals surface area (Å²) in [6.07, 6.45) is 0. The fourth-order valence-electron chi connectivity index (χ4n) is 0.844. The lowest BCUT2D eigenvalue weighted by molar-refractivity contribution is 0.818. The number of nitrogens with two attached hydrogens (primary N) is 1. The van der Waals surface area contributed by atoms with Crippen molar-refractivity contribution in [2.75, 3.05) is 0 Å². The lowest BCUT2D eigenvalue weighted by Crippen LogP contribution is -2.04. The lowest BCUT2D eigenvalue weighted by atomic mass is 10.1. The predicted octanol–water partition coefficient (Wildman–Crippen LogP) is 2.78. The molecule has 1 aromatic rings. The van der Waals surface area contributed by atoms with Gasteiger partial charge in [-0.05, 0) is 18.6 Å². The first-order chi connectivity index (χ1) is 4.72. The summed E-state index contributed by atoms with van der Waals surface area (Å²) >= 11 is 5.84. The van der Waals surface area contributed by atoms with Crippen LogP contribution in [0, 0.1) is 0 Å². The molecule has 1 nitrogen and oxygen atoms in total. The van der Waals surface area contributed by atoms with E-state index in [-0.39, 0.29) is 18.4 Å². The zero-order valence-corrected chi connectivity index (χ0v) is 7.82. The van der Waals surface area contributed by atoms with Gasteiger partial charge in [-0.2, -0.15) is 0 Å². The van der Waals surface area contributed by atoms with E-state index >= 15 is 0 Å². The average Bonchev–Trinajstić information content (AvgIpc) is 1.88. The van der Waals surface area contributed by atoms with E-state index in [4.69, 9.17) is 17.3 Å². The first kappa shape index (κ1) is 10.8. The fourth-order valence-corrected chi connectivity index (χ4v) is 1.15. The maximum Gasteiger partial charge on any atom is 0.0453 e. The van der Waals surface area contributed by atoms with E-state index in [2.05, 4.69) is 0 Å². The van der Waals surface area contributed by atoms with Crippen LogP contribution in [0.4, 0.5) is 0 Å². The summed E-state index contributed by atoms with van der Waals surface area (Å²) in [4.78, 5) is 0. The first-order valence-electron chi connectivity index (χ1n) is 3.22. The second-order valence-electron chi connectivity index (χ2n) is 2.31. The molecule has 11 heavy (non-hydrogen) atoms. The SMILES string of the molecule is C[C@H](N)c1ccccc1Cl.Cl. The molecule has 0 unspecified atom stereocenters. The van der Waals surface area contributed by atoms with Crippen molar-refractivity contribution >= 4 is 24.0 Å². The Morgan fingerprint density at radius 2 is 1.91 bits per heavy atom. The summed E-state index contributed by atoms with van der Waals surface area (Å²) in [5.41, 5.74) is 6.63. The molecule has 2 N–H and O–H groups in total. The third-order valence-corrected chi connectivity index (χ3v) is 1.74. The van der Waals surface area contributed by atoms with Gasteiger partial charge < -0.3 is 5.73 Å². The highest BCUT2D eigenvalue weighted by atomic mass is 35.5. The molecule has 0 amide bonds. The molecular weight excluding hydrogens is 181 g/mol. The van der Waals surface area contributed by atoms with Gasteiger partial charge in [0.15, 0.2) is 0 Å². The van der Waals surface area contributed by atoms with Crippen LogP contribution < -0.4 is 5.73 Å². The van der Waals surface area contributed by atoms with Gasteiger partial charge in [0, 0.05) is 11.1 Å². The van der Waals surface area contributed by atoms with Gasteiger partial charge in [-0.15, -0.1) is 12.4 Å². The number of benzene rings is 1. The van der Waals surface area contributed by atoms with Crippen molar-refractivity contribution in [3.05, 3.63) is 34.9 Å². The van der Waals surface area contributed by atoms with Crippen LogP contribution in [0.25, 0.3) is 0 Å². The van der Waals surface area contributed by atoms with Crippen molar-refractivity contribution in [3.8, 4) is 0 Å². The zero-order chi connectivity index (χ0) is 7.56. The maximum absolute atomic E-state index is 5.84. The second-order valence-corrected chi connectivity index (χ2v) is 2.72. The summed E-state index contributed by atoms with van der Waals surface area (Å²) in [7, 11) is 0. The second kappa shape index (κ2) is 4.60. The summed E-state index contributed by atoms with van der Waals surface area (Å²) in [6.45, 7) is 1.92. The Balaban J connectivity index is 0.000001000. The normalized spacial score (nSPS) is 11.9. The Morgan fingerprint density at radius 3 is 2.27 bits per heavy atom. The van der Waals surface area contributed by atoms with Gasteiger partial charge in [0.2, 0.25) is 0 Å². The van der Waals surface area contributed by atoms with E-state index in [1.807, 2.05) is 31.2 Å². The maximum atomic E-state index is 5.84. The van der Waals surface area contributed by atoms with Crippen LogP contribution in [0.2, 0.25) is 5.02 Å². The topological polar surface area (TPSA) is 26.0 Å². The van der Waals surface area contributed by atoms with Gasteiger partial charge in [0.05, 0.1) is 0 Å². The summed E-state index contributed by atoms with van der Waals surface area (Å²) in [6, 6.07) is 7.64. The lowest BCUT2D eigenvalue weighted by Gasteiger charge is -2.05. The van der Waals surface area contributed by atoms with E-state index in [9.17, 15) is 0 Å². The molecule has 0 aromatic heterocycles. The standard InChI is InChI=1S/C8H10ClN.ClH/c1-6(10)7-4-2-3-5-8(7)9;/h2-6H,10H2,1H3;1H/t6-;/m0./s1. The molecule has 0 fully saturated rings. The Kier molecular flexibility index (Phi) is 4.50. The van der Waals surface area contributed by atoms with E-state index < -0.39 is 0 Å². The molecule has 0 aliphatic rings. The number of hydrogen-bond acceptors (Lipinski definition) is 1. The molecule has 1 rings (SSSR count). The van der Waals surface area contributed by atoms with Gasteiger partial charge in [-0.3, -0.25) is 0 Å². The molecule has 62 valence electrons. The highest BCUT2D eigenvalue weighted by Crippen LogP contribution is 2.19. The Hall–Kier alpha value is -0.240. The van der Waals surface area contributed by atoms with Crippen LogP contribution in [-0.2, 0) is 0 Å². The van der Waals surface area contributed by atoms with Gasteiger partial charge in [0.1, 0.15) is 0 Å². The van der Waals surface area contributed by atoms with Crippen molar-refractivity contribution in [2.45, 2.75) is 13.0 Å². The third-order valence-electron chi connectivity index (χ3n) is 1.40. The van der Waals surface area contributed by atoms with Gasteiger partial charge in [-0.1, -0.05) is 29.8 Å². The number of halogens is 2. The number of rotatable bonds is 1. The predicted molar refractivity (Wildman–Crippen MR) is 51.3 cm³/mol. The van der Waals surface area contributed by atoms with Gasteiger partial charge in [0.25, 0.3) is 0 Å². The van der Waals surface area contributed by atoms with E-state index in [0.29, 0.717) is 0 Å². The molecule has 0 radical (unpaired) electrons. The van der Waals surface area contributed by atoms with Crippen LogP contribution in [0.1, 0.15) is 18.5 Å². The molecule has 0 aliphatic heterocycles. The Bertz CT molecular complexity index is 223. The van der Waals surface area contributed by atoms with E-state index in [1.165, 1.54) is 0 Å². The van der Waals surface area contributed by atoms with Crippen molar-refractivity contribution in [1.29, 1.82) is 0 Å². The largest absolute Gasteiger partial charge is 0.324 e. The third kappa shape index (κ3) is 2.70. The summed E-state index contributed by atoms with van der Waals surface area (Å²) in [5.74, 6) is 0. The van der Waals surface area contributed by atoms with E-state index in [1.54, 1.807) is 0 Å². The summed E-state index contributed by atoms with van der Waals surface area (Å²) in [5, 5.41) is 0.748. The quantitative estimate of drug-likeness (QED) is 0.727. The molecule has 0 aliphatic carbocycles. The molecular formula is C8H11Cl2N. The monoisotopic (exact) mass is 191 g/mol. The highest BCUT2D eigenvalue weighted by molar-refractivity contribution is 6.31. The minimum absolute atomic E-state index is 0. The first-order valence-corrected chi connectivity index (χ1v) is 3.59. The van der Waals surface area contributed by atoms with E-state index in [0.717, 1.165) is 10.6 Å². The smallest absolute Gasteiger partial charge is 0.0453 e. The van der Waals surface area contributed by atoms with Crippen LogP contribution in [0.5, 0.6) is 0 Å². The van der Waals surface area contributed by atoms with Crippen LogP contribution in [-0.4, -0.2) is 0 Å². The molecule has 3 heteroatoms. The van der Waals surface area contributed by atoms with Gasteiger partial charge >= 0.3 is 0 Å². The molecule has 1 aromatic carbocycles. The molecule has 0 spiro atoms. The zero-order valence-electron chi connectivity index (χ0n) is 6.25. The van der Waals surface area contributed by atoms with Crippen LogP contribution >= 0.6 is 24.0 Å². The Labute approximate surface area is 78.0 Å². The van der Waals surface area contributed by atoms with Crippen molar-refractivity contribution in [2.24, 2.45) is 5.73 Å². The van der Waals surface area contributed by atoms with Crippen molar-refractivity contribution in [1.82, 2.24) is 0 Å². The molecule has 1 atom stereocenters. The molecule has 0 saturated carbocycles. The molecule has 0 bridgehead atoms.